The van der Waals surface area contributed by atoms with Gasteiger partial charge in [-0.1, -0.05) is 35.9 Å². The number of furan rings is 1. The van der Waals surface area contributed by atoms with Crippen LogP contribution in [0.25, 0.3) is 33.5 Å². The zero-order valence-electron chi connectivity index (χ0n) is 13.8. The topological polar surface area (TPSA) is 88.7 Å². The lowest BCUT2D eigenvalue weighted by Gasteiger charge is -2.10. The smallest absolute Gasteiger partial charge is 0.183 e. The monoisotopic (exact) mass is 360 g/mol. The number of benzene rings is 2. The molecule has 0 saturated carbocycles. The molecule has 26 heavy (non-hydrogen) atoms. The second-order valence-corrected chi connectivity index (χ2v) is 6.26. The molecule has 0 atom stereocenters. The molecule has 2 aromatic heterocycles. The summed E-state index contributed by atoms with van der Waals surface area (Å²) < 4.78 is 5.70. The summed E-state index contributed by atoms with van der Waals surface area (Å²) >= 11 is 6.46. The fourth-order valence-electron chi connectivity index (χ4n) is 2.87. The highest BCUT2D eigenvalue weighted by Gasteiger charge is 2.19. The van der Waals surface area contributed by atoms with Crippen LogP contribution in [0.15, 0.2) is 52.9 Å². The highest BCUT2D eigenvalue weighted by molar-refractivity contribution is 6.36. The number of nitrogens with zero attached hydrogens (tertiary/aromatic N) is 3. The molecule has 0 fully saturated rings. The Morgan fingerprint density at radius 3 is 2.62 bits per heavy atom. The predicted octanol–water partition coefficient (Wildman–Crippen LogP) is 4.97. The molecule has 2 heterocycles. The molecule has 0 amide bonds. The van der Waals surface area contributed by atoms with Gasteiger partial charge in [-0.15, -0.1) is 0 Å². The Bertz CT molecular complexity index is 1190. The maximum Gasteiger partial charge on any atom is 0.183 e. The van der Waals surface area contributed by atoms with E-state index in [9.17, 15) is 5.26 Å². The van der Waals surface area contributed by atoms with Gasteiger partial charge < -0.3 is 10.2 Å². The minimum atomic E-state index is 0.0622. The average molecular weight is 361 g/mol. The van der Waals surface area contributed by atoms with E-state index in [0.29, 0.717) is 22.2 Å². The van der Waals surface area contributed by atoms with Crippen LogP contribution < -0.4 is 5.73 Å². The van der Waals surface area contributed by atoms with Crippen molar-refractivity contribution in [3.05, 3.63) is 65.0 Å². The molecule has 0 aliphatic carbocycles. The molecule has 0 bridgehead atoms. The summed E-state index contributed by atoms with van der Waals surface area (Å²) in [7, 11) is 0. The number of aryl methyl sites for hydroxylation is 1. The van der Waals surface area contributed by atoms with E-state index in [2.05, 4.69) is 9.97 Å². The Kier molecular flexibility index (Phi) is 3.83. The van der Waals surface area contributed by atoms with Crippen molar-refractivity contribution in [1.29, 1.82) is 5.26 Å². The number of halogens is 1. The van der Waals surface area contributed by atoms with E-state index in [0.717, 1.165) is 22.1 Å². The molecule has 2 N–H and O–H groups in total. The molecule has 4 rings (SSSR count). The Balaban J connectivity index is 2.03. The van der Waals surface area contributed by atoms with Crippen molar-refractivity contribution in [2.45, 2.75) is 6.92 Å². The second-order valence-electron chi connectivity index (χ2n) is 5.86. The summed E-state index contributed by atoms with van der Waals surface area (Å²) in [6, 6.07) is 17.2. The van der Waals surface area contributed by atoms with Gasteiger partial charge in [0.05, 0.1) is 0 Å². The van der Waals surface area contributed by atoms with Gasteiger partial charge in [0.15, 0.2) is 17.3 Å². The van der Waals surface area contributed by atoms with Gasteiger partial charge >= 0.3 is 0 Å². The van der Waals surface area contributed by atoms with E-state index >= 15 is 0 Å². The van der Waals surface area contributed by atoms with Gasteiger partial charge in [0.25, 0.3) is 0 Å². The normalized spacial score (nSPS) is 10.8. The quantitative estimate of drug-likeness (QED) is 0.545. The maximum absolute atomic E-state index is 9.30. The summed E-state index contributed by atoms with van der Waals surface area (Å²) in [6.45, 7) is 1.84. The first-order valence-corrected chi connectivity index (χ1v) is 8.27. The van der Waals surface area contributed by atoms with Gasteiger partial charge in [-0.05, 0) is 36.6 Å². The molecule has 0 unspecified atom stereocenters. The van der Waals surface area contributed by atoms with Crippen LogP contribution in [0.2, 0.25) is 5.02 Å². The van der Waals surface area contributed by atoms with E-state index in [1.165, 1.54) is 0 Å². The Labute approximate surface area is 154 Å². The molecule has 0 aliphatic heterocycles. The van der Waals surface area contributed by atoms with Gasteiger partial charge in [0, 0.05) is 16.0 Å². The molecular formula is C20H13ClN4O. The summed E-state index contributed by atoms with van der Waals surface area (Å²) in [4.78, 5) is 8.80. The lowest BCUT2D eigenvalue weighted by atomic mass is 10.0. The Morgan fingerprint density at radius 1 is 1.08 bits per heavy atom. The van der Waals surface area contributed by atoms with Gasteiger partial charge in [-0.25, -0.2) is 9.97 Å². The second kappa shape index (κ2) is 6.17. The highest BCUT2D eigenvalue weighted by Crippen LogP contribution is 2.35. The number of hydrogen-bond donors (Lipinski definition) is 1. The van der Waals surface area contributed by atoms with Gasteiger partial charge in [0.2, 0.25) is 0 Å². The Morgan fingerprint density at radius 2 is 1.88 bits per heavy atom. The number of hydrogen-bond acceptors (Lipinski definition) is 5. The standard InChI is InChI=1S/C20H13ClN4O/c1-11-6-7-17(26-11)19-18(24-16(10-22)20(23)25-19)13-8-12-4-2-3-5-14(12)15(21)9-13/h2-9H,1H3,(H2,23,25). The Hall–Kier alpha value is -3.36. The molecule has 5 nitrogen and oxygen atoms in total. The van der Waals surface area contributed by atoms with Crippen LogP contribution >= 0.6 is 11.6 Å². The first-order chi connectivity index (χ1) is 12.6. The minimum absolute atomic E-state index is 0.0622. The molecule has 4 aromatic rings. The van der Waals surface area contributed by atoms with Crippen LogP contribution in [-0.4, -0.2) is 9.97 Å². The van der Waals surface area contributed by atoms with Crippen molar-refractivity contribution in [2.24, 2.45) is 0 Å². The van der Waals surface area contributed by atoms with Crippen molar-refractivity contribution < 1.29 is 4.42 Å². The van der Waals surface area contributed by atoms with Crippen LogP contribution in [0, 0.1) is 18.3 Å². The van der Waals surface area contributed by atoms with Crippen molar-refractivity contribution in [3.63, 3.8) is 0 Å². The number of nitriles is 1. The van der Waals surface area contributed by atoms with E-state index in [1.54, 1.807) is 6.07 Å². The van der Waals surface area contributed by atoms with Crippen molar-refractivity contribution in [3.8, 4) is 28.8 Å². The number of fused-ring (bicyclic) bond motifs is 1. The first kappa shape index (κ1) is 16.1. The molecule has 6 heteroatoms. The molecule has 0 spiro atoms. The minimum Gasteiger partial charge on any atom is -0.460 e. The lowest BCUT2D eigenvalue weighted by molar-refractivity contribution is 0.546. The van der Waals surface area contributed by atoms with Crippen LogP contribution in [0.5, 0.6) is 0 Å². The molecular weight excluding hydrogens is 348 g/mol. The zero-order chi connectivity index (χ0) is 18.3. The molecule has 0 aliphatic rings. The number of aromatic nitrogens is 2. The third-order valence-electron chi connectivity index (χ3n) is 4.09. The predicted molar refractivity (Wildman–Crippen MR) is 102 cm³/mol. The third kappa shape index (κ3) is 2.67. The number of nitrogen functional groups attached to an aromatic ring is 1. The lowest BCUT2D eigenvalue weighted by Crippen LogP contribution is -2.03. The van der Waals surface area contributed by atoms with Gasteiger partial charge in [-0.2, -0.15) is 5.26 Å². The van der Waals surface area contributed by atoms with Gasteiger partial charge in [-0.3, -0.25) is 0 Å². The van der Waals surface area contributed by atoms with Crippen LogP contribution in [0.3, 0.4) is 0 Å². The summed E-state index contributed by atoms with van der Waals surface area (Å²) in [5.41, 5.74) is 7.65. The summed E-state index contributed by atoms with van der Waals surface area (Å²) in [5, 5.41) is 11.8. The molecule has 0 saturated heterocycles. The van der Waals surface area contributed by atoms with E-state index < -0.39 is 0 Å². The molecule has 126 valence electrons. The van der Waals surface area contributed by atoms with Crippen molar-refractivity contribution >= 4 is 28.2 Å². The molecule has 0 radical (unpaired) electrons. The van der Waals surface area contributed by atoms with E-state index in [4.69, 9.17) is 21.8 Å². The van der Waals surface area contributed by atoms with Gasteiger partial charge in [0.1, 0.15) is 23.2 Å². The highest BCUT2D eigenvalue weighted by atomic mass is 35.5. The SMILES string of the molecule is Cc1ccc(-c2nc(N)c(C#N)nc2-c2cc(Cl)c3ccccc3c2)o1. The average Bonchev–Trinajstić information content (AvgIpc) is 3.07. The first-order valence-electron chi connectivity index (χ1n) is 7.90. The summed E-state index contributed by atoms with van der Waals surface area (Å²) in [6.07, 6.45) is 0. The largest absolute Gasteiger partial charge is 0.460 e. The fourth-order valence-corrected chi connectivity index (χ4v) is 3.16. The summed E-state index contributed by atoms with van der Waals surface area (Å²) in [5.74, 6) is 1.34. The van der Waals surface area contributed by atoms with Crippen LogP contribution in [-0.2, 0) is 0 Å². The number of nitrogens with two attached hydrogens (primary N) is 1. The van der Waals surface area contributed by atoms with E-state index in [-0.39, 0.29) is 11.5 Å². The third-order valence-corrected chi connectivity index (χ3v) is 4.40. The van der Waals surface area contributed by atoms with Crippen molar-refractivity contribution in [2.75, 3.05) is 5.73 Å². The fraction of sp³-hybridized carbons (Fsp3) is 0.0500. The van der Waals surface area contributed by atoms with Crippen molar-refractivity contribution in [1.82, 2.24) is 9.97 Å². The van der Waals surface area contributed by atoms with Crippen LogP contribution in [0.1, 0.15) is 11.5 Å². The number of rotatable bonds is 2. The van der Waals surface area contributed by atoms with E-state index in [1.807, 2.05) is 55.5 Å². The molecule has 2 aromatic carbocycles. The zero-order valence-corrected chi connectivity index (χ0v) is 14.6. The number of anilines is 1. The maximum atomic E-state index is 9.30. The van der Waals surface area contributed by atoms with Crippen LogP contribution in [0.4, 0.5) is 5.82 Å².